The second kappa shape index (κ2) is 7.28. The first-order chi connectivity index (χ1) is 8.94. The monoisotopic (exact) mass is 285 g/mol. The molecule has 4 heteroatoms. The summed E-state index contributed by atoms with van der Waals surface area (Å²) in [6.07, 6.45) is 5.53. The van der Waals surface area contributed by atoms with Gasteiger partial charge in [-0.05, 0) is 31.1 Å². The molecule has 110 valence electrons. The number of rotatable bonds is 6. The van der Waals surface area contributed by atoms with E-state index in [0.29, 0.717) is 12.3 Å². The fourth-order valence-corrected chi connectivity index (χ4v) is 5.60. The SMILES string of the molecule is CCCC1CCC(C#N)C(S(=O)(=O)CC(C)CC)C1. The van der Waals surface area contributed by atoms with Crippen molar-refractivity contribution in [3.05, 3.63) is 0 Å². The summed E-state index contributed by atoms with van der Waals surface area (Å²) in [7, 11) is -3.13. The van der Waals surface area contributed by atoms with Crippen molar-refractivity contribution in [2.45, 2.75) is 64.5 Å². The van der Waals surface area contributed by atoms with Crippen molar-refractivity contribution in [1.82, 2.24) is 0 Å². The van der Waals surface area contributed by atoms with Crippen molar-refractivity contribution in [3.8, 4) is 6.07 Å². The quantitative estimate of drug-likeness (QED) is 0.749. The van der Waals surface area contributed by atoms with E-state index in [9.17, 15) is 13.7 Å². The summed E-state index contributed by atoms with van der Waals surface area (Å²) in [5, 5.41) is 8.80. The van der Waals surface area contributed by atoms with Gasteiger partial charge in [0, 0.05) is 0 Å². The Morgan fingerprint density at radius 1 is 1.32 bits per heavy atom. The Labute approximate surface area is 118 Å². The van der Waals surface area contributed by atoms with E-state index in [0.717, 1.165) is 32.1 Å². The van der Waals surface area contributed by atoms with Gasteiger partial charge >= 0.3 is 0 Å². The maximum Gasteiger partial charge on any atom is 0.154 e. The molecule has 0 spiro atoms. The molecule has 0 N–H and O–H groups in total. The normalized spacial score (nSPS) is 29.7. The number of sulfone groups is 1. The molecule has 1 aliphatic rings. The van der Waals surface area contributed by atoms with Crippen molar-refractivity contribution < 1.29 is 8.42 Å². The van der Waals surface area contributed by atoms with Crippen LogP contribution in [0.2, 0.25) is 0 Å². The van der Waals surface area contributed by atoms with Gasteiger partial charge in [0.25, 0.3) is 0 Å². The van der Waals surface area contributed by atoms with Gasteiger partial charge in [-0.1, -0.05) is 40.0 Å². The van der Waals surface area contributed by atoms with Crippen LogP contribution in [0.15, 0.2) is 0 Å². The minimum atomic E-state index is -3.13. The van der Waals surface area contributed by atoms with Gasteiger partial charge in [0.2, 0.25) is 0 Å². The van der Waals surface area contributed by atoms with Gasteiger partial charge in [-0.25, -0.2) is 8.42 Å². The van der Waals surface area contributed by atoms with E-state index < -0.39 is 15.1 Å². The maximum absolute atomic E-state index is 12.5. The molecule has 1 rings (SSSR count). The molecule has 0 saturated heterocycles. The fraction of sp³-hybridized carbons (Fsp3) is 0.933. The Hall–Kier alpha value is -0.560. The molecule has 0 aromatic heterocycles. The lowest BCUT2D eigenvalue weighted by Gasteiger charge is -2.32. The van der Waals surface area contributed by atoms with Gasteiger partial charge in [-0.3, -0.25) is 0 Å². The van der Waals surface area contributed by atoms with Crippen molar-refractivity contribution >= 4 is 9.84 Å². The minimum absolute atomic E-state index is 0.191. The molecule has 1 fully saturated rings. The predicted molar refractivity (Wildman–Crippen MR) is 78.4 cm³/mol. The average Bonchev–Trinajstić information content (AvgIpc) is 2.38. The standard InChI is InChI=1S/C15H27NO2S/c1-4-6-13-7-8-14(10-16)15(9-13)19(17,18)11-12(3)5-2/h12-15H,4-9,11H2,1-3H3. The summed E-state index contributed by atoms with van der Waals surface area (Å²) < 4.78 is 25.0. The molecule has 0 amide bonds. The van der Waals surface area contributed by atoms with Gasteiger partial charge < -0.3 is 0 Å². The summed E-state index contributed by atoms with van der Waals surface area (Å²) in [6.45, 7) is 6.13. The van der Waals surface area contributed by atoms with Crippen LogP contribution in [-0.4, -0.2) is 19.4 Å². The summed E-state index contributed by atoms with van der Waals surface area (Å²) in [5.41, 5.74) is 0. The van der Waals surface area contributed by atoms with Crippen LogP contribution in [0.25, 0.3) is 0 Å². The molecule has 0 heterocycles. The summed E-state index contributed by atoms with van der Waals surface area (Å²) >= 11 is 0. The molecule has 4 atom stereocenters. The van der Waals surface area contributed by atoms with E-state index in [1.54, 1.807) is 0 Å². The fourth-order valence-electron chi connectivity index (χ4n) is 3.06. The number of nitrogens with zero attached hydrogens (tertiary/aromatic N) is 1. The first kappa shape index (κ1) is 16.5. The van der Waals surface area contributed by atoms with E-state index in [1.807, 2.05) is 13.8 Å². The zero-order valence-electron chi connectivity index (χ0n) is 12.4. The third-order valence-corrected chi connectivity index (χ3v) is 6.92. The first-order valence-corrected chi connectivity index (χ1v) is 9.27. The zero-order chi connectivity index (χ0) is 14.5. The first-order valence-electron chi connectivity index (χ1n) is 7.55. The van der Waals surface area contributed by atoms with Crippen LogP contribution in [0.1, 0.15) is 59.3 Å². The molecule has 0 aromatic carbocycles. The summed E-state index contributed by atoms with van der Waals surface area (Å²) in [4.78, 5) is 0. The third-order valence-electron chi connectivity index (χ3n) is 4.44. The van der Waals surface area contributed by atoms with Gasteiger partial charge in [0.05, 0.1) is 23.0 Å². The van der Waals surface area contributed by atoms with Crippen LogP contribution in [0.4, 0.5) is 0 Å². The van der Waals surface area contributed by atoms with E-state index in [-0.39, 0.29) is 17.6 Å². The second-order valence-electron chi connectivity index (χ2n) is 6.08. The summed E-state index contributed by atoms with van der Waals surface area (Å²) in [5.74, 6) is 0.634. The Morgan fingerprint density at radius 2 is 2.00 bits per heavy atom. The molecule has 3 nitrogen and oxygen atoms in total. The highest BCUT2D eigenvalue weighted by atomic mass is 32.2. The average molecular weight is 285 g/mol. The smallest absolute Gasteiger partial charge is 0.154 e. The van der Waals surface area contributed by atoms with Crippen molar-refractivity contribution in [2.75, 3.05) is 5.75 Å². The maximum atomic E-state index is 12.5. The largest absolute Gasteiger partial charge is 0.228 e. The van der Waals surface area contributed by atoms with Crippen LogP contribution >= 0.6 is 0 Å². The lowest BCUT2D eigenvalue weighted by atomic mass is 9.80. The van der Waals surface area contributed by atoms with Gasteiger partial charge in [-0.2, -0.15) is 5.26 Å². The van der Waals surface area contributed by atoms with Gasteiger partial charge in [0.15, 0.2) is 9.84 Å². The summed E-state index contributed by atoms with van der Waals surface area (Å²) in [6, 6.07) is 2.23. The zero-order valence-corrected chi connectivity index (χ0v) is 13.2. The Morgan fingerprint density at radius 3 is 2.53 bits per heavy atom. The molecule has 19 heavy (non-hydrogen) atoms. The number of nitriles is 1. The highest BCUT2D eigenvalue weighted by Gasteiger charge is 2.39. The van der Waals surface area contributed by atoms with Crippen molar-refractivity contribution in [1.29, 1.82) is 5.26 Å². The molecule has 0 radical (unpaired) electrons. The molecule has 1 saturated carbocycles. The Bertz CT molecular complexity index is 410. The van der Waals surface area contributed by atoms with E-state index in [2.05, 4.69) is 13.0 Å². The second-order valence-corrected chi connectivity index (χ2v) is 8.35. The highest BCUT2D eigenvalue weighted by molar-refractivity contribution is 7.92. The predicted octanol–water partition coefficient (Wildman–Crippen LogP) is 3.56. The topological polar surface area (TPSA) is 57.9 Å². The molecule has 4 unspecified atom stereocenters. The van der Waals surface area contributed by atoms with Gasteiger partial charge in [0.1, 0.15) is 0 Å². The van der Waals surface area contributed by atoms with E-state index in [1.165, 1.54) is 0 Å². The van der Waals surface area contributed by atoms with Crippen LogP contribution in [0.3, 0.4) is 0 Å². The van der Waals surface area contributed by atoms with Crippen molar-refractivity contribution in [2.24, 2.45) is 17.8 Å². The highest BCUT2D eigenvalue weighted by Crippen LogP contribution is 2.36. The third kappa shape index (κ3) is 4.49. The van der Waals surface area contributed by atoms with Crippen LogP contribution in [0, 0.1) is 29.1 Å². The molecular weight excluding hydrogens is 258 g/mol. The molecule has 0 aromatic rings. The molecule has 1 aliphatic carbocycles. The molecular formula is C15H27NO2S. The Balaban J connectivity index is 2.82. The molecule has 0 bridgehead atoms. The van der Waals surface area contributed by atoms with E-state index >= 15 is 0 Å². The van der Waals surface area contributed by atoms with Crippen molar-refractivity contribution in [3.63, 3.8) is 0 Å². The van der Waals surface area contributed by atoms with Crippen LogP contribution < -0.4 is 0 Å². The Kier molecular flexibility index (Phi) is 6.32. The molecule has 0 aliphatic heterocycles. The van der Waals surface area contributed by atoms with E-state index in [4.69, 9.17) is 0 Å². The van der Waals surface area contributed by atoms with Gasteiger partial charge in [-0.15, -0.1) is 0 Å². The lowest BCUT2D eigenvalue weighted by molar-refractivity contribution is 0.298. The van der Waals surface area contributed by atoms with Crippen LogP contribution in [-0.2, 0) is 9.84 Å². The lowest BCUT2D eigenvalue weighted by Crippen LogP contribution is -2.38. The van der Waals surface area contributed by atoms with Crippen LogP contribution in [0.5, 0.6) is 0 Å². The number of hydrogen-bond donors (Lipinski definition) is 0. The number of hydrogen-bond acceptors (Lipinski definition) is 3. The minimum Gasteiger partial charge on any atom is -0.228 e.